The number of aromatic amines is 1. The van der Waals surface area contributed by atoms with Crippen LogP contribution in [-0.4, -0.2) is 10.2 Å². The van der Waals surface area contributed by atoms with E-state index in [9.17, 15) is 4.79 Å². The molecule has 0 aliphatic heterocycles. The molecule has 0 saturated heterocycles. The zero-order valence-electron chi connectivity index (χ0n) is 10.5. The number of aryl methyl sites for hydroxylation is 2. The normalized spacial score (nSPS) is 11.1. The quantitative estimate of drug-likeness (QED) is 0.738. The van der Waals surface area contributed by atoms with Crippen LogP contribution in [0.2, 0.25) is 4.34 Å². The van der Waals surface area contributed by atoms with Gasteiger partial charge >= 0.3 is 0 Å². The summed E-state index contributed by atoms with van der Waals surface area (Å²) in [5, 5.41) is 8.39. The van der Waals surface area contributed by atoms with E-state index < -0.39 is 0 Å². The molecule has 0 spiro atoms. The van der Waals surface area contributed by atoms with Gasteiger partial charge in [-0.25, -0.2) is 5.10 Å². The molecule has 0 aliphatic rings. The van der Waals surface area contributed by atoms with Gasteiger partial charge in [0, 0.05) is 5.39 Å². The second kappa shape index (κ2) is 4.47. The van der Waals surface area contributed by atoms with Crippen molar-refractivity contribution in [1.29, 1.82) is 0 Å². The van der Waals surface area contributed by atoms with Crippen LogP contribution in [0.3, 0.4) is 0 Å². The zero-order chi connectivity index (χ0) is 13.6. The van der Waals surface area contributed by atoms with Crippen molar-refractivity contribution in [2.75, 3.05) is 0 Å². The first-order valence-corrected chi connectivity index (χ1v) is 7.01. The number of nitrogens with zero attached hydrogens (tertiary/aromatic N) is 1. The Labute approximate surface area is 118 Å². The van der Waals surface area contributed by atoms with Gasteiger partial charge in [-0.05, 0) is 37.1 Å². The number of fused-ring (bicyclic) bond motifs is 1. The van der Waals surface area contributed by atoms with E-state index in [2.05, 4.69) is 10.2 Å². The molecule has 1 N–H and O–H groups in total. The second-order valence-electron chi connectivity index (χ2n) is 4.45. The second-order valence-corrected chi connectivity index (χ2v) is 6.17. The molecule has 1 aromatic carbocycles. The summed E-state index contributed by atoms with van der Waals surface area (Å²) in [6.07, 6.45) is 0. The molecule has 2 heterocycles. The van der Waals surface area contributed by atoms with Gasteiger partial charge in [-0.1, -0.05) is 23.7 Å². The molecule has 5 heteroatoms. The molecule has 0 fully saturated rings. The van der Waals surface area contributed by atoms with Crippen molar-refractivity contribution >= 4 is 33.7 Å². The summed E-state index contributed by atoms with van der Waals surface area (Å²) in [4.78, 5) is 13.0. The van der Waals surface area contributed by atoms with Crippen LogP contribution in [-0.2, 0) is 0 Å². The highest BCUT2D eigenvalue weighted by atomic mass is 35.5. The van der Waals surface area contributed by atoms with Crippen LogP contribution in [0.5, 0.6) is 0 Å². The fraction of sp³-hybridized carbons (Fsp3) is 0.143. The summed E-state index contributed by atoms with van der Waals surface area (Å²) in [7, 11) is 0. The molecule has 0 amide bonds. The minimum absolute atomic E-state index is 0.150. The van der Waals surface area contributed by atoms with Crippen LogP contribution in [0, 0.1) is 13.8 Å². The Kier molecular flexibility index (Phi) is 2.92. The van der Waals surface area contributed by atoms with E-state index in [4.69, 9.17) is 11.6 Å². The Morgan fingerprint density at radius 1 is 1.11 bits per heavy atom. The first-order valence-electron chi connectivity index (χ1n) is 5.82. The number of thiophene rings is 1. The molecule has 0 unspecified atom stereocenters. The minimum atomic E-state index is -0.150. The van der Waals surface area contributed by atoms with Gasteiger partial charge in [0.1, 0.15) is 5.69 Å². The van der Waals surface area contributed by atoms with Crippen LogP contribution in [0.4, 0.5) is 0 Å². The molecular formula is C14H11ClN2OS. The van der Waals surface area contributed by atoms with Gasteiger partial charge in [-0.2, -0.15) is 5.10 Å². The van der Waals surface area contributed by atoms with Gasteiger partial charge in [0.2, 0.25) is 0 Å². The topological polar surface area (TPSA) is 45.8 Å². The largest absolute Gasteiger partial charge is 0.272 e. The Hall–Kier alpha value is -1.65. The fourth-order valence-electron chi connectivity index (χ4n) is 2.25. The van der Waals surface area contributed by atoms with Crippen molar-refractivity contribution in [3.05, 3.63) is 50.1 Å². The van der Waals surface area contributed by atoms with Crippen LogP contribution in [0.15, 0.2) is 29.1 Å². The van der Waals surface area contributed by atoms with Crippen molar-refractivity contribution in [2.24, 2.45) is 0 Å². The lowest BCUT2D eigenvalue weighted by Gasteiger charge is -2.08. The summed E-state index contributed by atoms with van der Waals surface area (Å²) in [6, 6.07) is 7.73. The highest BCUT2D eigenvalue weighted by Crippen LogP contribution is 2.34. The van der Waals surface area contributed by atoms with E-state index in [0.717, 1.165) is 27.1 Å². The van der Waals surface area contributed by atoms with Crippen LogP contribution in [0.1, 0.15) is 11.1 Å². The van der Waals surface area contributed by atoms with Crippen molar-refractivity contribution in [1.82, 2.24) is 10.2 Å². The van der Waals surface area contributed by atoms with Crippen LogP contribution in [0.25, 0.3) is 21.3 Å². The number of nitrogens with one attached hydrogen (secondary N) is 1. The van der Waals surface area contributed by atoms with Gasteiger partial charge in [0.05, 0.1) is 14.6 Å². The van der Waals surface area contributed by atoms with Gasteiger partial charge in [-0.15, -0.1) is 11.3 Å². The van der Waals surface area contributed by atoms with Crippen molar-refractivity contribution in [3.8, 4) is 10.6 Å². The van der Waals surface area contributed by atoms with Gasteiger partial charge in [-0.3, -0.25) is 4.79 Å². The van der Waals surface area contributed by atoms with Gasteiger partial charge in [0.15, 0.2) is 0 Å². The van der Waals surface area contributed by atoms with Crippen LogP contribution < -0.4 is 5.56 Å². The minimum Gasteiger partial charge on any atom is -0.267 e. The molecule has 96 valence electrons. The molecule has 0 aliphatic carbocycles. The molecule has 2 aromatic heterocycles. The third-order valence-corrected chi connectivity index (χ3v) is 4.40. The van der Waals surface area contributed by atoms with E-state index in [1.165, 1.54) is 11.3 Å². The lowest BCUT2D eigenvalue weighted by molar-refractivity contribution is 1.02. The first-order chi connectivity index (χ1) is 9.08. The molecule has 3 aromatic rings. The Morgan fingerprint density at radius 3 is 2.42 bits per heavy atom. The number of hydrogen-bond acceptors (Lipinski definition) is 3. The molecule has 3 rings (SSSR count). The smallest absolute Gasteiger partial charge is 0.267 e. The molecule has 0 atom stereocenters. The number of halogens is 1. The van der Waals surface area contributed by atoms with E-state index in [-0.39, 0.29) is 5.56 Å². The van der Waals surface area contributed by atoms with E-state index in [0.29, 0.717) is 9.72 Å². The number of hydrogen-bond donors (Lipinski definition) is 1. The molecule has 19 heavy (non-hydrogen) atoms. The van der Waals surface area contributed by atoms with E-state index >= 15 is 0 Å². The van der Waals surface area contributed by atoms with Crippen molar-refractivity contribution < 1.29 is 0 Å². The predicted molar refractivity (Wildman–Crippen MR) is 80.2 cm³/mol. The summed E-state index contributed by atoms with van der Waals surface area (Å²) < 4.78 is 0.710. The summed E-state index contributed by atoms with van der Waals surface area (Å²) in [5.41, 5.74) is 2.63. The van der Waals surface area contributed by atoms with E-state index in [1.54, 1.807) is 0 Å². The fourth-order valence-corrected chi connectivity index (χ4v) is 3.29. The molecule has 0 bridgehead atoms. The van der Waals surface area contributed by atoms with Crippen molar-refractivity contribution in [3.63, 3.8) is 0 Å². The summed E-state index contributed by atoms with van der Waals surface area (Å²) in [6.45, 7) is 3.92. The maximum absolute atomic E-state index is 12.0. The van der Waals surface area contributed by atoms with E-state index in [1.807, 2.05) is 38.1 Å². The average Bonchev–Trinajstić information content (AvgIpc) is 2.80. The number of H-pyrrole nitrogens is 1. The highest BCUT2D eigenvalue weighted by molar-refractivity contribution is 7.19. The number of rotatable bonds is 1. The predicted octanol–water partition coefficient (Wildman–Crippen LogP) is 3.92. The molecule has 0 saturated carbocycles. The highest BCUT2D eigenvalue weighted by Gasteiger charge is 2.14. The Morgan fingerprint density at radius 2 is 1.79 bits per heavy atom. The molecule has 0 radical (unpaired) electrons. The summed E-state index contributed by atoms with van der Waals surface area (Å²) in [5.74, 6) is 0. The van der Waals surface area contributed by atoms with Crippen LogP contribution >= 0.6 is 22.9 Å². The first kappa shape index (κ1) is 12.4. The zero-order valence-corrected chi connectivity index (χ0v) is 12.0. The SMILES string of the molecule is Cc1ccc(C)c2c(=O)[nH]nc(-c3ccc(Cl)s3)c12. The van der Waals surface area contributed by atoms with Gasteiger partial charge < -0.3 is 0 Å². The average molecular weight is 291 g/mol. The maximum atomic E-state index is 12.0. The van der Waals surface area contributed by atoms with Crippen molar-refractivity contribution in [2.45, 2.75) is 13.8 Å². The lowest BCUT2D eigenvalue weighted by atomic mass is 10.0. The monoisotopic (exact) mass is 290 g/mol. The third kappa shape index (κ3) is 1.97. The lowest BCUT2D eigenvalue weighted by Crippen LogP contribution is -2.11. The standard InChI is InChI=1S/C14H11ClN2OS/c1-7-3-4-8(2)12-11(7)13(16-17-14(12)18)9-5-6-10(15)19-9/h3-6H,1-2H3,(H,17,18). The Balaban J connectivity index is 2.48. The summed E-state index contributed by atoms with van der Waals surface area (Å²) >= 11 is 7.44. The third-order valence-electron chi connectivity index (χ3n) is 3.16. The maximum Gasteiger partial charge on any atom is 0.272 e. The number of benzene rings is 1. The number of aromatic nitrogens is 2. The molecule has 3 nitrogen and oxygen atoms in total. The molecular weight excluding hydrogens is 280 g/mol. The Bertz CT molecular complexity index is 835. The van der Waals surface area contributed by atoms with Gasteiger partial charge in [0.25, 0.3) is 5.56 Å².